The van der Waals surface area contributed by atoms with E-state index < -0.39 is 27.6 Å². The summed E-state index contributed by atoms with van der Waals surface area (Å²) in [7, 11) is -3.70. The highest BCUT2D eigenvalue weighted by Gasteiger charge is 2.15. The van der Waals surface area contributed by atoms with Crippen LogP contribution in [0.4, 0.5) is 8.78 Å². The zero-order valence-electron chi connectivity index (χ0n) is 10.2. The number of halogens is 2. The van der Waals surface area contributed by atoms with Crippen molar-refractivity contribution < 1.29 is 22.0 Å². The molecule has 0 aliphatic heterocycles. The van der Waals surface area contributed by atoms with Crippen molar-refractivity contribution in [2.45, 2.75) is 0 Å². The Labute approximate surface area is 113 Å². The first kappa shape index (κ1) is 14.1. The quantitative estimate of drug-likeness (QED) is 0.911. The normalized spacial score (nSPS) is 11.3. The van der Waals surface area contributed by atoms with Crippen LogP contribution < -0.4 is 4.72 Å². The zero-order chi connectivity index (χ0) is 14.9. The molecule has 106 valence electrons. The first-order valence-corrected chi connectivity index (χ1v) is 7.17. The van der Waals surface area contributed by atoms with Crippen LogP contribution in [0.2, 0.25) is 0 Å². The van der Waals surface area contributed by atoms with Gasteiger partial charge in [-0.25, -0.2) is 26.6 Å². The van der Waals surface area contributed by atoms with Gasteiger partial charge in [0, 0.05) is 12.3 Å². The molecule has 2 aromatic rings. The van der Waals surface area contributed by atoms with Gasteiger partial charge in [-0.3, -0.25) is 4.79 Å². The van der Waals surface area contributed by atoms with Crippen LogP contribution in [-0.2, 0) is 10.0 Å². The second kappa shape index (κ2) is 5.00. The molecule has 0 aliphatic rings. The van der Waals surface area contributed by atoms with Crippen molar-refractivity contribution in [1.29, 1.82) is 0 Å². The van der Waals surface area contributed by atoms with E-state index in [0.29, 0.717) is 6.07 Å². The van der Waals surface area contributed by atoms with Gasteiger partial charge in [0.15, 0.2) is 5.82 Å². The molecule has 0 saturated carbocycles. The first-order chi connectivity index (χ1) is 9.26. The lowest BCUT2D eigenvalue weighted by atomic mass is 10.3. The molecule has 1 aromatic carbocycles. The number of nitrogens with zero attached hydrogens (tertiary/aromatic N) is 2. The molecule has 0 spiro atoms. The average Bonchev–Trinajstić information content (AvgIpc) is 2.75. The highest BCUT2D eigenvalue weighted by atomic mass is 32.2. The number of carbonyl (C=O) groups is 1. The third-order valence-corrected chi connectivity index (χ3v) is 2.84. The summed E-state index contributed by atoms with van der Waals surface area (Å²) in [5.74, 6) is -2.49. The van der Waals surface area contributed by atoms with Gasteiger partial charge < -0.3 is 0 Å². The van der Waals surface area contributed by atoms with E-state index in [1.807, 2.05) is 0 Å². The molecule has 2 rings (SSSR count). The van der Waals surface area contributed by atoms with Crippen LogP contribution in [0.5, 0.6) is 0 Å². The summed E-state index contributed by atoms with van der Waals surface area (Å²) in [5.41, 5.74) is -0.135. The molecule has 6 nitrogen and oxygen atoms in total. The van der Waals surface area contributed by atoms with Crippen molar-refractivity contribution >= 4 is 15.9 Å². The fraction of sp³-hybridized carbons (Fsp3) is 0.0909. The monoisotopic (exact) mass is 301 g/mol. The van der Waals surface area contributed by atoms with Crippen molar-refractivity contribution in [2.24, 2.45) is 0 Å². The van der Waals surface area contributed by atoms with Crippen molar-refractivity contribution in [3.8, 4) is 5.69 Å². The summed E-state index contributed by atoms with van der Waals surface area (Å²) in [5, 5.41) is 3.73. The van der Waals surface area contributed by atoms with Crippen molar-refractivity contribution in [3.05, 3.63) is 47.8 Å². The number of aromatic nitrogens is 2. The number of amides is 1. The standard InChI is InChI=1S/C11H9F2N3O3S/c1-20(18,19)15-11(17)7-5-14-16(6-7)10-3-2-8(12)4-9(10)13/h2-6H,1H3,(H,15,17). The fourth-order valence-corrected chi connectivity index (χ4v) is 1.92. The molecule has 0 fully saturated rings. The Morgan fingerprint density at radius 1 is 1.35 bits per heavy atom. The molecule has 0 bridgehead atoms. The van der Waals surface area contributed by atoms with Gasteiger partial charge in [0.05, 0.1) is 18.0 Å². The number of hydrogen-bond donors (Lipinski definition) is 1. The Morgan fingerprint density at radius 3 is 2.65 bits per heavy atom. The number of carbonyl (C=O) groups excluding carboxylic acids is 1. The Morgan fingerprint density at radius 2 is 2.05 bits per heavy atom. The fourth-order valence-electron chi connectivity index (χ4n) is 1.47. The van der Waals surface area contributed by atoms with E-state index in [9.17, 15) is 22.0 Å². The molecule has 1 heterocycles. The maximum Gasteiger partial charge on any atom is 0.267 e. The molecule has 1 amide bonds. The third-order valence-electron chi connectivity index (χ3n) is 2.28. The van der Waals surface area contributed by atoms with E-state index in [2.05, 4.69) is 5.10 Å². The van der Waals surface area contributed by atoms with Crippen LogP contribution in [0, 0.1) is 11.6 Å². The summed E-state index contributed by atoms with van der Waals surface area (Å²) >= 11 is 0. The molecular formula is C11H9F2N3O3S. The van der Waals surface area contributed by atoms with E-state index in [4.69, 9.17) is 0 Å². The smallest absolute Gasteiger partial charge is 0.267 e. The van der Waals surface area contributed by atoms with Gasteiger partial charge in [0.2, 0.25) is 10.0 Å². The van der Waals surface area contributed by atoms with Crippen LogP contribution in [0.1, 0.15) is 10.4 Å². The Bertz CT molecular complexity index is 771. The lowest BCUT2D eigenvalue weighted by molar-refractivity contribution is 0.0981. The summed E-state index contributed by atoms with van der Waals surface area (Å²) < 4.78 is 50.9. The van der Waals surface area contributed by atoms with Crippen molar-refractivity contribution in [3.63, 3.8) is 0 Å². The Hall–Kier alpha value is -2.29. The van der Waals surface area contributed by atoms with E-state index >= 15 is 0 Å². The van der Waals surface area contributed by atoms with E-state index in [0.717, 1.165) is 35.5 Å². The van der Waals surface area contributed by atoms with E-state index in [1.165, 1.54) is 0 Å². The van der Waals surface area contributed by atoms with Crippen LogP contribution in [0.3, 0.4) is 0 Å². The number of benzene rings is 1. The van der Waals surface area contributed by atoms with E-state index in [-0.39, 0.29) is 11.3 Å². The number of hydrogen-bond acceptors (Lipinski definition) is 4. The third kappa shape index (κ3) is 3.18. The number of nitrogens with one attached hydrogen (secondary N) is 1. The summed E-state index contributed by atoms with van der Waals surface area (Å²) in [6.45, 7) is 0. The van der Waals surface area contributed by atoms with Crippen molar-refractivity contribution in [2.75, 3.05) is 6.26 Å². The van der Waals surface area contributed by atoms with Crippen LogP contribution >= 0.6 is 0 Å². The predicted octanol–water partition coefficient (Wildman–Crippen LogP) is 0.840. The van der Waals surface area contributed by atoms with Gasteiger partial charge in [-0.05, 0) is 12.1 Å². The molecule has 0 atom stereocenters. The molecule has 9 heteroatoms. The minimum absolute atomic E-state index is 0.0650. The van der Waals surface area contributed by atoms with Gasteiger partial charge in [-0.15, -0.1) is 0 Å². The van der Waals surface area contributed by atoms with Gasteiger partial charge in [-0.2, -0.15) is 5.10 Å². The molecular weight excluding hydrogens is 292 g/mol. The molecule has 0 radical (unpaired) electrons. The summed E-state index contributed by atoms with van der Waals surface area (Å²) in [6.07, 6.45) is 3.04. The van der Waals surface area contributed by atoms with Crippen LogP contribution in [0.15, 0.2) is 30.6 Å². The second-order valence-electron chi connectivity index (χ2n) is 3.97. The largest absolute Gasteiger partial charge is 0.268 e. The minimum Gasteiger partial charge on any atom is -0.268 e. The van der Waals surface area contributed by atoms with Crippen LogP contribution in [-0.4, -0.2) is 30.4 Å². The highest BCUT2D eigenvalue weighted by Crippen LogP contribution is 2.14. The molecule has 20 heavy (non-hydrogen) atoms. The SMILES string of the molecule is CS(=O)(=O)NC(=O)c1cnn(-c2ccc(F)cc2F)c1. The maximum absolute atomic E-state index is 13.5. The number of rotatable bonds is 3. The topological polar surface area (TPSA) is 81.1 Å². The molecule has 0 saturated heterocycles. The average molecular weight is 301 g/mol. The van der Waals surface area contributed by atoms with Crippen LogP contribution in [0.25, 0.3) is 5.69 Å². The number of sulfonamides is 1. The minimum atomic E-state index is -3.70. The Balaban J connectivity index is 2.31. The highest BCUT2D eigenvalue weighted by molar-refractivity contribution is 7.89. The van der Waals surface area contributed by atoms with E-state index in [1.54, 1.807) is 4.72 Å². The summed E-state index contributed by atoms with van der Waals surface area (Å²) in [4.78, 5) is 11.5. The lowest BCUT2D eigenvalue weighted by Crippen LogP contribution is -2.29. The molecule has 0 unspecified atom stereocenters. The summed E-state index contributed by atoms with van der Waals surface area (Å²) in [6, 6.07) is 2.86. The first-order valence-electron chi connectivity index (χ1n) is 5.28. The van der Waals surface area contributed by atoms with Gasteiger partial charge in [-0.1, -0.05) is 0 Å². The molecule has 0 aliphatic carbocycles. The van der Waals surface area contributed by atoms with Gasteiger partial charge in [0.25, 0.3) is 5.91 Å². The predicted molar refractivity (Wildman–Crippen MR) is 65.8 cm³/mol. The zero-order valence-corrected chi connectivity index (χ0v) is 11.0. The van der Waals surface area contributed by atoms with Crippen molar-refractivity contribution in [1.82, 2.24) is 14.5 Å². The molecule has 1 N–H and O–H groups in total. The maximum atomic E-state index is 13.5. The lowest BCUT2D eigenvalue weighted by Gasteiger charge is -2.02. The van der Waals surface area contributed by atoms with Gasteiger partial charge >= 0.3 is 0 Å². The Kier molecular flexibility index (Phi) is 3.53. The van der Waals surface area contributed by atoms with Gasteiger partial charge in [0.1, 0.15) is 11.5 Å². The molecule has 1 aromatic heterocycles. The second-order valence-corrected chi connectivity index (χ2v) is 5.72.